The van der Waals surface area contributed by atoms with Crippen molar-refractivity contribution < 1.29 is 9.90 Å². The number of fused-ring (bicyclic) bond motifs is 1. The third-order valence-electron chi connectivity index (χ3n) is 5.18. The number of nitrogens with zero attached hydrogens (tertiary/aromatic N) is 2. The van der Waals surface area contributed by atoms with Gasteiger partial charge in [0.2, 0.25) is 0 Å². The van der Waals surface area contributed by atoms with E-state index in [1.165, 1.54) is 11.3 Å². The summed E-state index contributed by atoms with van der Waals surface area (Å²) in [5, 5.41) is 10.4. The van der Waals surface area contributed by atoms with Gasteiger partial charge in [0, 0.05) is 17.0 Å². The zero-order chi connectivity index (χ0) is 18.2. The molecule has 1 amide bonds. The van der Waals surface area contributed by atoms with Crippen LogP contribution in [0.4, 0.5) is 10.5 Å². The van der Waals surface area contributed by atoms with Crippen molar-refractivity contribution in [2.45, 2.75) is 57.5 Å². The molecule has 0 unspecified atom stereocenters. The molecule has 2 aliphatic rings. The number of thioether (sulfide) groups is 1. The van der Waals surface area contributed by atoms with E-state index in [-0.39, 0.29) is 5.54 Å². The van der Waals surface area contributed by atoms with E-state index in [1.54, 1.807) is 11.8 Å². The third-order valence-corrected chi connectivity index (χ3v) is 6.29. The second-order valence-corrected chi connectivity index (χ2v) is 8.97. The fourth-order valence-corrected chi connectivity index (χ4v) is 5.50. The molecule has 6 heteroatoms. The fraction of sp³-hybridized carbons (Fsp3) is 0.579. The van der Waals surface area contributed by atoms with Gasteiger partial charge in [-0.3, -0.25) is 9.89 Å². The number of carbonyl (C=O) groups is 1. The molecule has 136 valence electrons. The first-order chi connectivity index (χ1) is 11.7. The smallest absolute Gasteiger partial charge is 0.413 e. The van der Waals surface area contributed by atoms with Crippen molar-refractivity contribution in [3.8, 4) is 0 Å². The number of hydrogen-bond donors (Lipinski definition) is 2. The van der Waals surface area contributed by atoms with Crippen LogP contribution in [0.3, 0.4) is 0 Å². The number of benzene rings is 1. The van der Waals surface area contributed by atoms with Crippen molar-refractivity contribution in [1.29, 1.82) is 0 Å². The van der Waals surface area contributed by atoms with Crippen molar-refractivity contribution >= 4 is 28.7 Å². The van der Waals surface area contributed by atoms with Crippen LogP contribution in [0.1, 0.15) is 52.0 Å². The Morgan fingerprint density at radius 1 is 1.40 bits per heavy atom. The van der Waals surface area contributed by atoms with E-state index in [9.17, 15) is 9.90 Å². The van der Waals surface area contributed by atoms with Gasteiger partial charge < -0.3 is 10.8 Å². The molecule has 0 radical (unpaired) electrons. The van der Waals surface area contributed by atoms with Crippen LogP contribution in [0.15, 0.2) is 29.3 Å². The average Bonchev–Trinajstić information content (AvgIpc) is 2.53. The first-order valence-electron chi connectivity index (χ1n) is 8.86. The highest BCUT2D eigenvalue weighted by Crippen LogP contribution is 2.50. The normalized spacial score (nSPS) is 26.5. The lowest BCUT2D eigenvalue weighted by molar-refractivity contribution is 0.139. The van der Waals surface area contributed by atoms with Crippen LogP contribution in [-0.4, -0.2) is 32.6 Å². The second-order valence-electron chi connectivity index (χ2n) is 7.99. The van der Waals surface area contributed by atoms with Gasteiger partial charge in [0.15, 0.2) is 5.17 Å². The van der Waals surface area contributed by atoms with E-state index in [1.807, 2.05) is 39.0 Å². The predicted molar refractivity (Wildman–Crippen MR) is 104 cm³/mol. The molecule has 0 aromatic heterocycles. The van der Waals surface area contributed by atoms with Gasteiger partial charge in [-0.1, -0.05) is 36.7 Å². The summed E-state index contributed by atoms with van der Waals surface area (Å²) >= 11 is 1.57. The maximum Gasteiger partial charge on any atom is 0.413 e. The van der Waals surface area contributed by atoms with E-state index >= 15 is 0 Å². The minimum absolute atomic E-state index is 0.354. The minimum atomic E-state index is -0.948. The van der Waals surface area contributed by atoms with E-state index in [0.29, 0.717) is 11.1 Å². The average molecular weight is 362 g/mol. The minimum Gasteiger partial charge on any atom is -0.465 e. The molecule has 0 spiro atoms. The Morgan fingerprint density at radius 2 is 2.16 bits per heavy atom. The number of nitrogen functional groups attached to an aromatic ring is 1. The summed E-state index contributed by atoms with van der Waals surface area (Å²) in [5.41, 5.74) is 7.00. The number of hydrogen-bond acceptors (Lipinski definition) is 4. The zero-order valence-electron chi connectivity index (χ0n) is 15.2. The maximum atomic E-state index is 11.9. The van der Waals surface area contributed by atoms with Gasteiger partial charge in [0.1, 0.15) is 0 Å². The molecule has 0 saturated heterocycles. The molecule has 1 saturated carbocycles. The highest BCUT2D eigenvalue weighted by Gasteiger charge is 2.47. The maximum absolute atomic E-state index is 11.9. The van der Waals surface area contributed by atoms with Gasteiger partial charge >= 0.3 is 6.09 Å². The van der Waals surface area contributed by atoms with Gasteiger partial charge in [0.25, 0.3) is 0 Å². The number of nitrogens with two attached hydrogens (primary N) is 1. The number of amides is 1. The molecule has 1 aromatic carbocycles. The van der Waals surface area contributed by atoms with Gasteiger partial charge in [-0.2, -0.15) is 0 Å². The van der Waals surface area contributed by atoms with E-state index in [2.05, 4.69) is 6.07 Å². The lowest BCUT2D eigenvalue weighted by Crippen LogP contribution is -2.51. The molecular weight excluding hydrogens is 334 g/mol. The molecule has 1 fully saturated rings. The standard InChI is InChI=1S/C19H27N3O2S/c1-18(2,3)22(17(23)24)16-21-19(13-8-6-9-15(20)11-13)10-5-4-7-14(19)12-25-16/h6,8-9,11,14H,4-5,7,10,12,20H2,1-3H3,(H,23,24)/t14-,19+/m0/s1. The second kappa shape index (κ2) is 6.56. The number of amidine groups is 1. The fourth-order valence-electron chi connectivity index (χ4n) is 4.00. The summed E-state index contributed by atoms with van der Waals surface area (Å²) in [6.45, 7) is 5.72. The summed E-state index contributed by atoms with van der Waals surface area (Å²) in [6, 6.07) is 7.96. The number of anilines is 1. The van der Waals surface area contributed by atoms with Crippen LogP contribution in [0.5, 0.6) is 0 Å². The van der Waals surface area contributed by atoms with Crippen molar-refractivity contribution in [2.24, 2.45) is 10.9 Å². The van der Waals surface area contributed by atoms with Crippen molar-refractivity contribution in [3.63, 3.8) is 0 Å². The molecule has 0 bridgehead atoms. The van der Waals surface area contributed by atoms with E-state index in [0.717, 1.165) is 36.3 Å². The number of rotatable bonds is 1. The van der Waals surface area contributed by atoms with Gasteiger partial charge in [-0.25, -0.2) is 4.79 Å². The van der Waals surface area contributed by atoms with Gasteiger partial charge in [-0.15, -0.1) is 0 Å². The molecule has 1 aliphatic heterocycles. The summed E-state index contributed by atoms with van der Waals surface area (Å²) < 4.78 is 0. The highest BCUT2D eigenvalue weighted by atomic mass is 32.2. The van der Waals surface area contributed by atoms with Crippen molar-refractivity contribution in [2.75, 3.05) is 11.5 Å². The van der Waals surface area contributed by atoms with Crippen LogP contribution < -0.4 is 5.73 Å². The van der Waals surface area contributed by atoms with Crippen LogP contribution in [0, 0.1) is 5.92 Å². The summed E-state index contributed by atoms with van der Waals surface area (Å²) in [6.07, 6.45) is 3.44. The molecule has 1 aliphatic carbocycles. The Hall–Kier alpha value is -1.69. The van der Waals surface area contributed by atoms with Crippen LogP contribution in [0.2, 0.25) is 0 Å². The lowest BCUT2D eigenvalue weighted by atomic mass is 9.70. The lowest BCUT2D eigenvalue weighted by Gasteiger charge is -2.47. The third kappa shape index (κ3) is 3.36. The van der Waals surface area contributed by atoms with Crippen molar-refractivity contribution in [1.82, 2.24) is 4.90 Å². The quantitative estimate of drug-likeness (QED) is 0.720. The van der Waals surface area contributed by atoms with Crippen LogP contribution in [-0.2, 0) is 5.54 Å². The highest BCUT2D eigenvalue weighted by molar-refractivity contribution is 8.13. The van der Waals surface area contributed by atoms with Crippen LogP contribution in [0.25, 0.3) is 0 Å². The van der Waals surface area contributed by atoms with E-state index < -0.39 is 11.6 Å². The molecule has 25 heavy (non-hydrogen) atoms. The summed E-state index contributed by atoms with van der Waals surface area (Å²) in [4.78, 5) is 18.4. The molecule has 1 aromatic rings. The molecule has 1 heterocycles. The molecule has 2 atom stereocenters. The topological polar surface area (TPSA) is 78.9 Å². The summed E-state index contributed by atoms with van der Waals surface area (Å²) in [5.74, 6) is 1.32. The first-order valence-corrected chi connectivity index (χ1v) is 9.84. The number of aliphatic imine (C=N–C) groups is 1. The van der Waals surface area contributed by atoms with Crippen LogP contribution >= 0.6 is 11.8 Å². The van der Waals surface area contributed by atoms with Gasteiger partial charge in [-0.05, 0) is 57.2 Å². The zero-order valence-corrected chi connectivity index (χ0v) is 16.0. The Bertz CT molecular complexity index is 698. The van der Waals surface area contributed by atoms with Crippen molar-refractivity contribution in [3.05, 3.63) is 29.8 Å². The predicted octanol–water partition coefficient (Wildman–Crippen LogP) is 4.54. The molecule has 3 N–H and O–H groups in total. The Labute approximate surface area is 153 Å². The Kier molecular flexibility index (Phi) is 4.75. The molecule has 5 nitrogen and oxygen atoms in total. The first kappa shape index (κ1) is 18.1. The van der Waals surface area contributed by atoms with Gasteiger partial charge in [0.05, 0.1) is 5.54 Å². The Balaban J connectivity index is 2.12. The Morgan fingerprint density at radius 3 is 2.80 bits per heavy atom. The SMILES string of the molecule is CC(C)(C)N(C(=O)O)C1=N[C@@]2(c3cccc(N)c3)CCCC[C@H]2CS1. The summed E-state index contributed by atoms with van der Waals surface area (Å²) in [7, 11) is 0. The monoisotopic (exact) mass is 361 g/mol. The largest absolute Gasteiger partial charge is 0.465 e. The number of carboxylic acid groups (broad SMARTS) is 1. The molecular formula is C19H27N3O2S. The molecule has 3 rings (SSSR count). The van der Waals surface area contributed by atoms with E-state index in [4.69, 9.17) is 10.7 Å².